The zero-order chi connectivity index (χ0) is 15.3. The molecule has 1 unspecified atom stereocenters. The van der Waals surface area contributed by atoms with Crippen LogP contribution in [0.5, 0.6) is 0 Å². The van der Waals surface area contributed by atoms with Gasteiger partial charge in [0.2, 0.25) is 17.7 Å². The van der Waals surface area contributed by atoms with Crippen LogP contribution in [-0.2, 0) is 19.2 Å². The topological polar surface area (TPSA) is 130 Å². The van der Waals surface area contributed by atoms with Crippen LogP contribution < -0.4 is 11.1 Å². The molecule has 0 saturated carbocycles. The molecule has 0 spiro atoms. The van der Waals surface area contributed by atoms with Crippen molar-refractivity contribution in [2.24, 2.45) is 11.7 Å². The quantitative estimate of drug-likeness (QED) is 0.534. The molecule has 1 fully saturated rings. The molecule has 0 aromatic carbocycles. The molecule has 0 aromatic rings. The lowest BCUT2D eigenvalue weighted by atomic mass is 10.1. The Hall–Kier alpha value is -2.12. The van der Waals surface area contributed by atoms with Gasteiger partial charge in [0.05, 0.1) is 5.92 Å². The van der Waals surface area contributed by atoms with Crippen molar-refractivity contribution in [2.45, 2.75) is 32.2 Å². The van der Waals surface area contributed by atoms with Gasteiger partial charge in [-0.3, -0.25) is 14.4 Å². The van der Waals surface area contributed by atoms with Crippen molar-refractivity contribution in [3.63, 3.8) is 0 Å². The molecule has 20 heavy (non-hydrogen) atoms. The number of nitrogens with one attached hydrogen (secondary N) is 1. The molecule has 0 radical (unpaired) electrons. The summed E-state index contributed by atoms with van der Waals surface area (Å²) in [6.07, 6.45) is -0.0471. The first kappa shape index (κ1) is 15.9. The molecule has 1 heterocycles. The van der Waals surface area contributed by atoms with E-state index in [0.717, 1.165) is 4.90 Å². The van der Waals surface area contributed by atoms with Gasteiger partial charge in [-0.25, -0.2) is 4.79 Å². The summed E-state index contributed by atoms with van der Waals surface area (Å²) >= 11 is 0. The highest BCUT2D eigenvalue weighted by molar-refractivity contribution is 5.91. The van der Waals surface area contributed by atoms with Crippen LogP contribution in [0.15, 0.2) is 0 Å². The van der Waals surface area contributed by atoms with Gasteiger partial charge in [0, 0.05) is 25.9 Å². The summed E-state index contributed by atoms with van der Waals surface area (Å²) in [7, 11) is 0. The second-order valence-electron chi connectivity index (χ2n) is 4.70. The fraction of sp³-hybridized carbons (Fsp3) is 0.667. The fourth-order valence-corrected chi connectivity index (χ4v) is 2.19. The van der Waals surface area contributed by atoms with E-state index in [1.54, 1.807) is 6.92 Å². The zero-order valence-electron chi connectivity index (χ0n) is 11.3. The molecule has 8 nitrogen and oxygen atoms in total. The Kier molecular flexibility index (Phi) is 5.48. The van der Waals surface area contributed by atoms with Crippen molar-refractivity contribution in [1.29, 1.82) is 0 Å². The third-order valence-corrected chi connectivity index (χ3v) is 3.24. The molecular formula is C12H19N3O5. The van der Waals surface area contributed by atoms with E-state index >= 15 is 0 Å². The van der Waals surface area contributed by atoms with E-state index in [0.29, 0.717) is 6.54 Å². The third-order valence-electron chi connectivity index (χ3n) is 3.24. The molecule has 2 atom stereocenters. The molecule has 3 amide bonds. The number of nitrogens with two attached hydrogens (primary N) is 1. The van der Waals surface area contributed by atoms with Gasteiger partial charge < -0.3 is 21.1 Å². The lowest BCUT2D eigenvalue weighted by molar-refractivity contribution is -0.148. The maximum absolute atomic E-state index is 11.8. The Morgan fingerprint density at radius 2 is 2.15 bits per heavy atom. The number of carboxylic acids is 1. The summed E-state index contributed by atoms with van der Waals surface area (Å²) in [5, 5.41) is 11.7. The van der Waals surface area contributed by atoms with E-state index in [1.807, 2.05) is 0 Å². The SMILES string of the molecule is CCNC(=O)CC[C@@H](C(=O)O)N1CC(C(N)=O)CC1=O. The number of hydrogen-bond acceptors (Lipinski definition) is 4. The standard InChI is InChI=1S/C12H19N3O5/c1-2-14-9(16)4-3-8(12(19)20)15-6-7(11(13)18)5-10(15)17/h7-8H,2-6H2,1H3,(H2,13,18)(H,14,16)(H,19,20)/t7?,8-/m0/s1. The number of amides is 3. The van der Waals surface area contributed by atoms with Gasteiger partial charge in [-0.2, -0.15) is 0 Å². The summed E-state index contributed by atoms with van der Waals surface area (Å²) in [4.78, 5) is 46.5. The maximum Gasteiger partial charge on any atom is 0.326 e. The van der Waals surface area contributed by atoms with Crippen LogP contribution >= 0.6 is 0 Å². The van der Waals surface area contributed by atoms with E-state index in [2.05, 4.69) is 5.32 Å². The molecule has 0 aromatic heterocycles. The molecule has 1 rings (SSSR count). The highest BCUT2D eigenvalue weighted by Gasteiger charge is 2.39. The Morgan fingerprint density at radius 1 is 1.50 bits per heavy atom. The predicted octanol–water partition coefficient (Wildman–Crippen LogP) is -1.31. The number of carbonyl (C=O) groups is 4. The van der Waals surface area contributed by atoms with Crippen LogP contribution in [0.25, 0.3) is 0 Å². The number of hydrogen-bond donors (Lipinski definition) is 3. The van der Waals surface area contributed by atoms with Gasteiger partial charge in [-0.15, -0.1) is 0 Å². The molecular weight excluding hydrogens is 266 g/mol. The number of rotatable bonds is 7. The Morgan fingerprint density at radius 3 is 2.60 bits per heavy atom. The minimum absolute atomic E-state index is 0.000526. The second kappa shape index (κ2) is 6.88. The van der Waals surface area contributed by atoms with Crippen molar-refractivity contribution in [3.05, 3.63) is 0 Å². The van der Waals surface area contributed by atoms with Gasteiger partial charge in [0.25, 0.3) is 0 Å². The first-order valence-electron chi connectivity index (χ1n) is 6.45. The Balaban J connectivity index is 2.67. The molecule has 0 bridgehead atoms. The molecule has 4 N–H and O–H groups in total. The Labute approximate surface area is 116 Å². The monoisotopic (exact) mass is 285 g/mol. The zero-order valence-corrected chi connectivity index (χ0v) is 11.3. The predicted molar refractivity (Wildman–Crippen MR) is 68.4 cm³/mol. The minimum atomic E-state index is -1.19. The number of nitrogens with zero attached hydrogens (tertiary/aromatic N) is 1. The van der Waals surface area contributed by atoms with Crippen LogP contribution in [-0.4, -0.2) is 52.8 Å². The number of aliphatic carboxylic acids is 1. The average Bonchev–Trinajstić information content (AvgIpc) is 2.72. The normalized spacial score (nSPS) is 19.8. The molecule has 112 valence electrons. The smallest absolute Gasteiger partial charge is 0.326 e. The lowest BCUT2D eigenvalue weighted by Crippen LogP contribution is -2.43. The number of primary amides is 1. The molecule has 1 aliphatic rings. The molecule has 1 saturated heterocycles. The number of carbonyl (C=O) groups excluding carboxylic acids is 3. The van der Waals surface area contributed by atoms with E-state index in [-0.39, 0.29) is 31.7 Å². The highest BCUT2D eigenvalue weighted by Crippen LogP contribution is 2.22. The van der Waals surface area contributed by atoms with Crippen molar-refractivity contribution in [3.8, 4) is 0 Å². The largest absolute Gasteiger partial charge is 0.480 e. The number of carboxylic acid groups (broad SMARTS) is 1. The van der Waals surface area contributed by atoms with Crippen molar-refractivity contribution >= 4 is 23.7 Å². The van der Waals surface area contributed by atoms with Crippen molar-refractivity contribution in [2.75, 3.05) is 13.1 Å². The minimum Gasteiger partial charge on any atom is -0.480 e. The summed E-state index contributed by atoms with van der Waals surface area (Å²) in [6.45, 7) is 2.22. The summed E-state index contributed by atoms with van der Waals surface area (Å²) in [5.74, 6) is -3.15. The molecule has 1 aliphatic heterocycles. The molecule has 8 heteroatoms. The van der Waals surface area contributed by atoms with Crippen LogP contribution in [0.2, 0.25) is 0 Å². The summed E-state index contributed by atoms with van der Waals surface area (Å²) < 4.78 is 0. The maximum atomic E-state index is 11.8. The van der Waals surface area contributed by atoms with Gasteiger partial charge in [0.1, 0.15) is 6.04 Å². The van der Waals surface area contributed by atoms with Crippen LogP contribution in [0.4, 0.5) is 0 Å². The van der Waals surface area contributed by atoms with Gasteiger partial charge >= 0.3 is 5.97 Å². The van der Waals surface area contributed by atoms with E-state index in [9.17, 15) is 24.3 Å². The summed E-state index contributed by atoms with van der Waals surface area (Å²) in [5.41, 5.74) is 5.13. The van der Waals surface area contributed by atoms with Crippen molar-refractivity contribution < 1.29 is 24.3 Å². The number of likely N-dealkylation sites (tertiary alicyclic amines) is 1. The van der Waals surface area contributed by atoms with E-state index in [1.165, 1.54) is 0 Å². The van der Waals surface area contributed by atoms with Crippen LogP contribution in [0.3, 0.4) is 0 Å². The van der Waals surface area contributed by atoms with Crippen LogP contribution in [0.1, 0.15) is 26.2 Å². The fourth-order valence-electron chi connectivity index (χ4n) is 2.19. The lowest BCUT2D eigenvalue weighted by Gasteiger charge is -2.24. The van der Waals surface area contributed by atoms with E-state index in [4.69, 9.17) is 5.73 Å². The first-order valence-corrected chi connectivity index (χ1v) is 6.45. The average molecular weight is 285 g/mol. The van der Waals surface area contributed by atoms with Gasteiger partial charge in [-0.1, -0.05) is 0 Å². The summed E-state index contributed by atoms with van der Waals surface area (Å²) in [6, 6.07) is -1.10. The first-order chi connectivity index (χ1) is 9.36. The van der Waals surface area contributed by atoms with Gasteiger partial charge in [-0.05, 0) is 13.3 Å². The van der Waals surface area contributed by atoms with Crippen LogP contribution in [0, 0.1) is 5.92 Å². The third kappa shape index (κ3) is 3.94. The van der Waals surface area contributed by atoms with E-state index < -0.39 is 29.7 Å². The Bertz CT molecular complexity index is 423. The van der Waals surface area contributed by atoms with Crippen molar-refractivity contribution in [1.82, 2.24) is 10.2 Å². The molecule has 0 aliphatic carbocycles. The van der Waals surface area contributed by atoms with Gasteiger partial charge in [0.15, 0.2) is 0 Å². The second-order valence-corrected chi connectivity index (χ2v) is 4.70. The highest BCUT2D eigenvalue weighted by atomic mass is 16.4.